The molecule has 0 unspecified atom stereocenters. The minimum atomic E-state index is -0.148. The summed E-state index contributed by atoms with van der Waals surface area (Å²) in [5.41, 5.74) is 3.34. The van der Waals surface area contributed by atoms with Crippen molar-refractivity contribution < 1.29 is 9.53 Å². The average molecular weight is 464 g/mol. The summed E-state index contributed by atoms with van der Waals surface area (Å²) in [5.74, 6) is 0.479. The standard InChI is InChI=1S/C26H33N5O3/c1-3-34-17-5-14-28-25(32)21-11-15-30(16-12-21)24-26(33)31(18-20-9-7-19(2)8-10-20)23-22(29-24)6-4-13-27-23/h4,6-10,13,21H,3,5,11-12,14-18H2,1-2H3,(H,28,32). The monoisotopic (exact) mass is 463 g/mol. The van der Waals surface area contributed by atoms with Gasteiger partial charge in [-0.25, -0.2) is 9.97 Å². The molecule has 1 amide bonds. The van der Waals surface area contributed by atoms with Crippen LogP contribution < -0.4 is 15.8 Å². The smallest absolute Gasteiger partial charge is 0.295 e. The maximum atomic E-state index is 13.5. The lowest BCUT2D eigenvalue weighted by Crippen LogP contribution is -2.43. The van der Waals surface area contributed by atoms with Crippen LogP contribution in [0, 0.1) is 12.8 Å². The topological polar surface area (TPSA) is 89.3 Å². The second-order valence-corrected chi connectivity index (χ2v) is 8.76. The third kappa shape index (κ3) is 5.62. The zero-order chi connectivity index (χ0) is 23.9. The first-order chi connectivity index (χ1) is 16.6. The molecule has 1 N–H and O–H groups in total. The van der Waals surface area contributed by atoms with E-state index in [9.17, 15) is 9.59 Å². The molecule has 0 saturated carbocycles. The van der Waals surface area contributed by atoms with E-state index in [1.807, 2.05) is 55.1 Å². The van der Waals surface area contributed by atoms with E-state index < -0.39 is 0 Å². The highest BCUT2D eigenvalue weighted by Crippen LogP contribution is 2.22. The van der Waals surface area contributed by atoms with Crippen molar-refractivity contribution in [2.75, 3.05) is 37.7 Å². The van der Waals surface area contributed by atoms with Crippen molar-refractivity contribution in [1.82, 2.24) is 19.9 Å². The number of carbonyl (C=O) groups is 1. The summed E-state index contributed by atoms with van der Waals surface area (Å²) in [6.07, 6.45) is 3.89. The fourth-order valence-corrected chi connectivity index (χ4v) is 4.32. The van der Waals surface area contributed by atoms with E-state index in [-0.39, 0.29) is 17.4 Å². The van der Waals surface area contributed by atoms with Crippen LogP contribution in [0.15, 0.2) is 47.4 Å². The molecule has 3 aromatic rings. The summed E-state index contributed by atoms with van der Waals surface area (Å²) in [7, 11) is 0. The molecule has 1 fully saturated rings. The predicted molar refractivity (Wildman–Crippen MR) is 133 cm³/mol. The molecule has 0 bridgehead atoms. The van der Waals surface area contributed by atoms with Gasteiger partial charge in [0.05, 0.1) is 6.54 Å². The van der Waals surface area contributed by atoms with Gasteiger partial charge < -0.3 is 15.0 Å². The van der Waals surface area contributed by atoms with Crippen LogP contribution in [0.25, 0.3) is 11.2 Å². The molecule has 1 aliphatic heterocycles. The number of aromatic nitrogens is 3. The number of hydrogen-bond donors (Lipinski definition) is 1. The number of aryl methyl sites for hydroxylation is 1. The first kappa shape index (κ1) is 23.9. The molecule has 4 rings (SSSR count). The number of piperidine rings is 1. The third-order valence-corrected chi connectivity index (χ3v) is 6.28. The van der Waals surface area contributed by atoms with Crippen molar-refractivity contribution in [2.24, 2.45) is 5.92 Å². The summed E-state index contributed by atoms with van der Waals surface area (Å²) >= 11 is 0. The Labute approximate surface area is 200 Å². The lowest BCUT2D eigenvalue weighted by molar-refractivity contribution is -0.125. The van der Waals surface area contributed by atoms with Crippen LogP contribution in [0.3, 0.4) is 0 Å². The van der Waals surface area contributed by atoms with Gasteiger partial charge in [-0.15, -0.1) is 0 Å². The minimum Gasteiger partial charge on any atom is -0.382 e. The SMILES string of the molecule is CCOCCCNC(=O)C1CCN(c2nc3cccnc3n(Cc3ccc(C)cc3)c2=O)CC1. The lowest BCUT2D eigenvalue weighted by Gasteiger charge is -2.32. The third-order valence-electron chi connectivity index (χ3n) is 6.28. The van der Waals surface area contributed by atoms with Crippen molar-refractivity contribution in [3.05, 3.63) is 64.1 Å². The fraction of sp³-hybridized carbons (Fsp3) is 0.462. The maximum absolute atomic E-state index is 13.5. The fourth-order valence-electron chi connectivity index (χ4n) is 4.32. The van der Waals surface area contributed by atoms with Gasteiger partial charge in [0.15, 0.2) is 11.5 Å². The molecule has 0 radical (unpaired) electrons. The van der Waals surface area contributed by atoms with Crippen LogP contribution in [0.4, 0.5) is 5.82 Å². The van der Waals surface area contributed by atoms with Crippen LogP contribution in [0.5, 0.6) is 0 Å². The molecular weight excluding hydrogens is 430 g/mol. The zero-order valence-electron chi connectivity index (χ0n) is 20.0. The highest BCUT2D eigenvalue weighted by Gasteiger charge is 2.27. The Morgan fingerprint density at radius 1 is 1.18 bits per heavy atom. The van der Waals surface area contributed by atoms with E-state index in [4.69, 9.17) is 4.74 Å². The van der Waals surface area contributed by atoms with Crippen LogP contribution >= 0.6 is 0 Å². The zero-order valence-corrected chi connectivity index (χ0v) is 20.0. The van der Waals surface area contributed by atoms with Crippen molar-refractivity contribution >= 4 is 22.9 Å². The Balaban J connectivity index is 1.48. The number of rotatable bonds is 9. The Morgan fingerprint density at radius 3 is 2.68 bits per heavy atom. The van der Waals surface area contributed by atoms with Gasteiger partial charge in [-0.3, -0.25) is 14.2 Å². The molecule has 0 atom stereocenters. The van der Waals surface area contributed by atoms with Gasteiger partial charge in [0.2, 0.25) is 5.91 Å². The van der Waals surface area contributed by atoms with Gasteiger partial charge >= 0.3 is 0 Å². The van der Waals surface area contributed by atoms with E-state index in [1.54, 1.807) is 10.8 Å². The number of fused-ring (bicyclic) bond motifs is 1. The number of hydrogen-bond acceptors (Lipinski definition) is 6. The van der Waals surface area contributed by atoms with E-state index in [2.05, 4.69) is 15.3 Å². The highest BCUT2D eigenvalue weighted by molar-refractivity contribution is 5.79. The Kier molecular flexibility index (Phi) is 7.90. The van der Waals surface area contributed by atoms with E-state index in [1.165, 1.54) is 5.56 Å². The van der Waals surface area contributed by atoms with Crippen LogP contribution in [0.1, 0.15) is 37.3 Å². The number of anilines is 1. The number of nitrogens with zero attached hydrogens (tertiary/aromatic N) is 4. The number of carbonyl (C=O) groups excluding carboxylic acids is 1. The number of benzene rings is 1. The molecule has 1 aromatic carbocycles. The second-order valence-electron chi connectivity index (χ2n) is 8.76. The minimum absolute atomic E-state index is 0.0414. The van der Waals surface area contributed by atoms with Crippen molar-refractivity contribution in [2.45, 2.75) is 39.7 Å². The summed E-state index contributed by atoms with van der Waals surface area (Å²) in [6.45, 7) is 7.66. The van der Waals surface area contributed by atoms with Gasteiger partial charge in [-0.05, 0) is 50.8 Å². The van der Waals surface area contributed by atoms with Crippen LogP contribution in [-0.2, 0) is 16.1 Å². The van der Waals surface area contributed by atoms with Gasteiger partial charge in [0, 0.05) is 45.0 Å². The molecule has 3 heterocycles. The lowest BCUT2D eigenvalue weighted by atomic mass is 9.96. The van der Waals surface area contributed by atoms with Gasteiger partial charge in [-0.1, -0.05) is 29.8 Å². The van der Waals surface area contributed by atoms with Crippen LogP contribution in [-0.4, -0.2) is 53.3 Å². The molecule has 34 heavy (non-hydrogen) atoms. The predicted octanol–water partition coefficient (Wildman–Crippen LogP) is 2.91. The Morgan fingerprint density at radius 2 is 1.94 bits per heavy atom. The van der Waals surface area contributed by atoms with E-state index in [0.717, 1.165) is 12.0 Å². The summed E-state index contributed by atoms with van der Waals surface area (Å²) in [5, 5.41) is 3.01. The molecule has 8 heteroatoms. The second kappa shape index (κ2) is 11.2. The molecule has 1 saturated heterocycles. The van der Waals surface area contributed by atoms with E-state index >= 15 is 0 Å². The Bertz CT molecular complexity index is 1170. The number of pyridine rings is 1. The number of amides is 1. The summed E-state index contributed by atoms with van der Waals surface area (Å²) in [4.78, 5) is 37.2. The van der Waals surface area contributed by atoms with E-state index in [0.29, 0.717) is 69.2 Å². The largest absolute Gasteiger partial charge is 0.382 e. The van der Waals surface area contributed by atoms with Crippen molar-refractivity contribution in [3.63, 3.8) is 0 Å². The molecule has 180 valence electrons. The van der Waals surface area contributed by atoms with Crippen molar-refractivity contribution in [1.29, 1.82) is 0 Å². The van der Waals surface area contributed by atoms with Gasteiger partial charge in [0.25, 0.3) is 5.56 Å². The van der Waals surface area contributed by atoms with Crippen molar-refractivity contribution in [3.8, 4) is 0 Å². The normalized spacial score (nSPS) is 14.5. The van der Waals surface area contributed by atoms with Gasteiger partial charge in [-0.2, -0.15) is 0 Å². The number of ether oxygens (including phenoxy) is 1. The average Bonchev–Trinajstić information content (AvgIpc) is 2.86. The quantitative estimate of drug-likeness (QED) is 0.491. The summed E-state index contributed by atoms with van der Waals surface area (Å²) < 4.78 is 7.02. The summed E-state index contributed by atoms with van der Waals surface area (Å²) in [6, 6.07) is 11.9. The van der Waals surface area contributed by atoms with Crippen LogP contribution in [0.2, 0.25) is 0 Å². The molecular formula is C26H33N5O3. The highest BCUT2D eigenvalue weighted by atomic mass is 16.5. The molecule has 2 aromatic heterocycles. The maximum Gasteiger partial charge on any atom is 0.295 e. The molecule has 8 nitrogen and oxygen atoms in total. The van der Waals surface area contributed by atoms with Gasteiger partial charge in [0.1, 0.15) is 5.52 Å². The molecule has 0 spiro atoms. The first-order valence-corrected chi connectivity index (χ1v) is 12.1. The molecule has 0 aliphatic carbocycles. The first-order valence-electron chi connectivity index (χ1n) is 12.1. The Hall–Kier alpha value is -3.26. The number of nitrogens with one attached hydrogen (secondary N) is 1. The molecule has 1 aliphatic rings.